The van der Waals surface area contributed by atoms with E-state index >= 15 is 0 Å². The third kappa shape index (κ3) is 3.38. The highest BCUT2D eigenvalue weighted by molar-refractivity contribution is 6.07. The lowest BCUT2D eigenvalue weighted by molar-refractivity contribution is 0.0766. The summed E-state index contributed by atoms with van der Waals surface area (Å²) in [6.45, 7) is 1.00. The number of nitrogens with two attached hydrogens (primary N) is 1. The zero-order chi connectivity index (χ0) is 23.3. The van der Waals surface area contributed by atoms with Crippen molar-refractivity contribution in [3.63, 3.8) is 0 Å². The average molecular weight is 456 g/mol. The van der Waals surface area contributed by atoms with Crippen molar-refractivity contribution in [1.29, 1.82) is 0 Å². The van der Waals surface area contributed by atoms with Gasteiger partial charge in [0.2, 0.25) is 0 Å². The molecule has 0 bridgehead atoms. The van der Waals surface area contributed by atoms with Crippen molar-refractivity contribution in [2.45, 2.75) is 49.4 Å². The second-order valence-corrected chi connectivity index (χ2v) is 9.72. The third-order valence-corrected chi connectivity index (χ3v) is 7.77. The molecular weight excluding hydrogens is 426 g/mol. The predicted octanol–water partition coefficient (Wildman–Crippen LogP) is 3.33. The first-order valence-corrected chi connectivity index (χ1v) is 12.1. The Morgan fingerprint density at radius 2 is 1.88 bits per heavy atom. The number of carbonyl (C=O) groups excluding carboxylic acids is 1. The van der Waals surface area contributed by atoms with Gasteiger partial charge in [-0.2, -0.15) is 0 Å². The quantitative estimate of drug-likeness (QED) is 0.562. The number of fused-ring (bicyclic) bond motifs is 1. The molecule has 1 atom stereocenters. The lowest BCUT2D eigenvalue weighted by atomic mass is 9.60. The summed E-state index contributed by atoms with van der Waals surface area (Å²) >= 11 is 0. The number of likely N-dealkylation sites (tertiary alicyclic amines) is 1. The summed E-state index contributed by atoms with van der Waals surface area (Å²) < 4.78 is 0. The van der Waals surface area contributed by atoms with Crippen molar-refractivity contribution in [2.24, 2.45) is 15.7 Å². The molecule has 0 radical (unpaired) electrons. The van der Waals surface area contributed by atoms with Crippen molar-refractivity contribution in [3.8, 4) is 0 Å². The third-order valence-electron chi connectivity index (χ3n) is 7.77. The van der Waals surface area contributed by atoms with Gasteiger partial charge >= 0.3 is 0 Å². The molecule has 34 heavy (non-hydrogen) atoms. The molecule has 2 aromatic carbocycles. The first kappa shape index (κ1) is 21.3. The van der Waals surface area contributed by atoms with Gasteiger partial charge in [0.1, 0.15) is 0 Å². The molecule has 0 spiro atoms. The van der Waals surface area contributed by atoms with E-state index in [1.807, 2.05) is 24.6 Å². The Balaban J connectivity index is 1.34. The minimum absolute atomic E-state index is 0.0157. The maximum atomic E-state index is 13.2. The fourth-order valence-electron chi connectivity index (χ4n) is 5.70. The van der Waals surface area contributed by atoms with E-state index in [-0.39, 0.29) is 17.2 Å². The van der Waals surface area contributed by atoms with Gasteiger partial charge < -0.3 is 15.0 Å². The van der Waals surface area contributed by atoms with Gasteiger partial charge in [0.05, 0.1) is 23.1 Å². The van der Waals surface area contributed by atoms with E-state index in [0.717, 1.165) is 29.3 Å². The summed E-state index contributed by atoms with van der Waals surface area (Å²) in [7, 11) is 0. The van der Waals surface area contributed by atoms with Crippen molar-refractivity contribution in [1.82, 2.24) is 9.88 Å². The topological polar surface area (TPSA) is 107 Å². The molecule has 3 aromatic rings. The number of H-pyrrole nitrogens is 1. The molecule has 4 N–H and O–H groups in total. The van der Waals surface area contributed by atoms with Crippen molar-refractivity contribution < 1.29 is 9.90 Å². The number of hydrogen-bond donors (Lipinski definition) is 3. The number of aromatic amines is 1. The van der Waals surface area contributed by atoms with Crippen LogP contribution in [0.1, 0.15) is 58.6 Å². The number of aliphatic hydroxyl groups excluding tert-OH is 1. The summed E-state index contributed by atoms with van der Waals surface area (Å²) in [6.07, 6.45) is 8.89. The number of hydrogen-bond acceptors (Lipinski definition) is 5. The van der Waals surface area contributed by atoms with Crippen molar-refractivity contribution >= 4 is 29.2 Å². The normalized spacial score (nSPS) is 25.6. The van der Waals surface area contributed by atoms with Crippen LogP contribution in [-0.4, -0.2) is 58.8 Å². The van der Waals surface area contributed by atoms with Crippen LogP contribution in [0.25, 0.3) is 10.9 Å². The number of aliphatic imine (C=N–C) groups is 2. The van der Waals surface area contributed by atoms with Gasteiger partial charge in [0.25, 0.3) is 5.91 Å². The first-order valence-electron chi connectivity index (χ1n) is 12.1. The van der Waals surface area contributed by atoms with E-state index in [4.69, 9.17) is 5.73 Å². The summed E-state index contributed by atoms with van der Waals surface area (Å²) in [5, 5.41) is 11.0. The molecule has 2 aliphatic heterocycles. The van der Waals surface area contributed by atoms with Gasteiger partial charge in [-0.3, -0.25) is 20.5 Å². The number of aromatic nitrogens is 1. The van der Waals surface area contributed by atoms with Gasteiger partial charge in [-0.15, -0.1) is 0 Å². The van der Waals surface area contributed by atoms with E-state index < -0.39 is 12.4 Å². The zero-order valence-electron chi connectivity index (χ0n) is 19.0. The predicted molar refractivity (Wildman–Crippen MR) is 134 cm³/mol. The van der Waals surface area contributed by atoms with Gasteiger partial charge in [-0.1, -0.05) is 42.8 Å². The minimum Gasteiger partial charge on any atom is -0.391 e. The fraction of sp³-hybridized carbons (Fsp3) is 0.370. The van der Waals surface area contributed by atoms with Gasteiger partial charge in [-0.05, 0) is 42.0 Å². The molecule has 1 amide bonds. The van der Waals surface area contributed by atoms with Gasteiger partial charge in [0.15, 0.2) is 6.29 Å². The molecule has 174 valence electrons. The number of aliphatic hydroxyl groups is 1. The zero-order valence-corrected chi connectivity index (χ0v) is 19.0. The monoisotopic (exact) mass is 455 g/mol. The number of β-amino-alcohol motifs (C(OH)–C–C–N with tert-alkyl or cyclic N) is 1. The second kappa shape index (κ2) is 8.18. The second-order valence-electron chi connectivity index (χ2n) is 9.72. The van der Waals surface area contributed by atoms with Crippen molar-refractivity contribution in [3.05, 3.63) is 70.9 Å². The Labute approximate surface area is 198 Å². The molecule has 7 heteroatoms. The smallest absolute Gasteiger partial charge is 0.256 e. The molecule has 2 fully saturated rings. The Morgan fingerprint density at radius 1 is 1.12 bits per heavy atom. The SMILES string of the molecule is NC1N=CC(c2ccc(C3(c4c[nH]c5c(C(=O)N6CCC(O)C6)cccc45)CCC3)cc2)C=N1. The number of rotatable bonds is 4. The molecule has 6 rings (SSSR count). The summed E-state index contributed by atoms with van der Waals surface area (Å²) in [4.78, 5) is 26.8. The van der Waals surface area contributed by atoms with E-state index in [0.29, 0.717) is 25.1 Å². The molecule has 7 nitrogen and oxygen atoms in total. The number of nitrogens with zero attached hydrogens (tertiary/aromatic N) is 3. The molecule has 1 saturated heterocycles. The number of nitrogens with one attached hydrogen (secondary N) is 1. The molecule has 1 aromatic heterocycles. The van der Waals surface area contributed by atoms with Crippen LogP contribution in [0.4, 0.5) is 0 Å². The number of benzene rings is 2. The Bertz CT molecular complexity index is 1270. The largest absolute Gasteiger partial charge is 0.391 e. The highest BCUT2D eigenvalue weighted by atomic mass is 16.3. The number of amides is 1. The summed E-state index contributed by atoms with van der Waals surface area (Å²) in [5.74, 6) is 0.0371. The highest BCUT2D eigenvalue weighted by Crippen LogP contribution is 2.51. The molecule has 3 aliphatic rings. The van der Waals surface area contributed by atoms with Crippen LogP contribution in [0, 0.1) is 0 Å². The van der Waals surface area contributed by atoms with E-state index in [2.05, 4.69) is 51.5 Å². The van der Waals surface area contributed by atoms with Crippen LogP contribution in [0.3, 0.4) is 0 Å². The number of carbonyl (C=O) groups is 1. The van der Waals surface area contributed by atoms with E-state index in [1.165, 1.54) is 17.5 Å². The summed E-state index contributed by atoms with van der Waals surface area (Å²) in [6, 6.07) is 14.8. The minimum atomic E-state index is -0.483. The number of para-hydroxylation sites is 1. The van der Waals surface area contributed by atoms with E-state index in [1.54, 1.807) is 4.90 Å². The van der Waals surface area contributed by atoms with Crippen LogP contribution in [0.5, 0.6) is 0 Å². The van der Waals surface area contributed by atoms with E-state index in [9.17, 15) is 9.90 Å². The van der Waals surface area contributed by atoms with Crippen LogP contribution in [0.2, 0.25) is 0 Å². The lowest BCUT2D eigenvalue weighted by Gasteiger charge is -2.43. The van der Waals surface area contributed by atoms with Crippen LogP contribution < -0.4 is 5.73 Å². The molecule has 3 heterocycles. The molecule has 1 unspecified atom stereocenters. The maximum absolute atomic E-state index is 13.2. The Morgan fingerprint density at radius 3 is 2.53 bits per heavy atom. The summed E-state index contributed by atoms with van der Waals surface area (Å²) in [5.41, 5.74) is 10.9. The first-order chi connectivity index (χ1) is 16.5. The lowest BCUT2D eigenvalue weighted by Crippen LogP contribution is -2.35. The van der Waals surface area contributed by atoms with Crippen LogP contribution >= 0.6 is 0 Å². The molecule has 1 saturated carbocycles. The average Bonchev–Trinajstić information content (AvgIpc) is 3.46. The van der Waals surface area contributed by atoms with Crippen LogP contribution in [0.15, 0.2) is 58.6 Å². The highest BCUT2D eigenvalue weighted by Gasteiger charge is 2.42. The molecule has 1 aliphatic carbocycles. The Hall–Kier alpha value is -3.29. The van der Waals surface area contributed by atoms with Crippen molar-refractivity contribution in [2.75, 3.05) is 13.1 Å². The van der Waals surface area contributed by atoms with Gasteiger partial charge in [0, 0.05) is 42.5 Å². The van der Waals surface area contributed by atoms with Gasteiger partial charge in [-0.25, -0.2) is 0 Å². The van der Waals surface area contributed by atoms with Crippen LogP contribution in [-0.2, 0) is 5.41 Å². The standard InChI is InChI=1S/C27H29N5O2/c28-26-30-13-18(14-31-26)17-5-7-19(8-6-17)27(10-2-11-27)23-15-29-24-21(23)3-1-4-22(24)25(34)32-12-9-20(33)16-32/h1,3-8,13-15,18,20,26,29,33H,2,9-12,16,28H2. The Kier molecular flexibility index (Phi) is 5.12. The fourth-order valence-corrected chi connectivity index (χ4v) is 5.70. The molecular formula is C27H29N5O2. The maximum Gasteiger partial charge on any atom is 0.256 e.